The van der Waals surface area contributed by atoms with Gasteiger partial charge >= 0.3 is 5.69 Å². The van der Waals surface area contributed by atoms with Crippen LogP contribution in [0.3, 0.4) is 0 Å². The van der Waals surface area contributed by atoms with E-state index in [0.29, 0.717) is 11.7 Å². The lowest BCUT2D eigenvalue weighted by Gasteiger charge is -2.19. The van der Waals surface area contributed by atoms with E-state index >= 15 is 0 Å². The standard InChI is InChI=1S/C13H18N4OS/c1-3-17-12(18)15-16-13(17)19-9(2)11(14)10-7-5-4-6-8-10/h4-9,11H,3,14H2,1-2H3,(H,15,18). The number of nitrogens with one attached hydrogen (secondary N) is 1. The Morgan fingerprint density at radius 1 is 1.42 bits per heavy atom. The number of aromatic nitrogens is 3. The van der Waals surface area contributed by atoms with Crippen LogP contribution >= 0.6 is 11.8 Å². The van der Waals surface area contributed by atoms with Gasteiger partial charge in [-0.05, 0) is 12.5 Å². The summed E-state index contributed by atoms with van der Waals surface area (Å²) in [5.74, 6) is 0. The summed E-state index contributed by atoms with van der Waals surface area (Å²) in [6, 6.07) is 9.85. The van der Waals surface area contributed by atoms with Crippen LogP contribution in [0.2, 0.25) is 0 Å². The van der Waals surface area contributed by atoms with Crippen LogP contribution < -0.4 is 11.4 Å². The first-order valence-corrected chi connectivity index (χ1v) is 7.13. The third kappa shape index (κ3) is 3.08. The van der Waals surface area contributed by atoms with Gasteiger partial charge in [-0.25, -0.2) is 9.89 Å². The molecule has 19 heavy (non-hydrogen) atoms. The number of aromatic amines is 1. The van der Waals surface area contributed by atoms with Crippen LogP contribution in [-0.2, 0) is 6.54 Å². The lowest BCUT2D eigenvalue weighted by Crippen LogP contribution is -2.22. The first kappa shape index (κ1) is 13.9. The normalized spacial score (nSPS) is 14.3. The van der Waals surface area contributed by atoms with E-state index in [1.165, 1.54) is 11.8 Å². The summed E-state index contributed by atoms with van der Waals surface area (Å²) in [5, 5.41) is 7.32. The lowest BCUT2D eigenvalue weighted by molar-refractivity contribution is 0.651. The van der Waals surface area contributed by atoms with Crippen LogP contribution in [0.1, 0.15) is 25.5 Å². The molecule has 0 saturated heterocycles. The summed E-state index contributed by atoms with van der Waals surface area (Å²) in [7, 11) is 0. The average molecular weight is 278 g/mol. The third-order valence-electron chi connectivity index (χ3n) is 3.02. The number of benzene rings is 1. The van der Waals surface area contributed by atoms with Crippen LogP contribution in [-0.4, -0.2) is 20.0 Å². The predicted molar refractivity (Wildman–Crippen MR) is 77.2 cm³/mol. The van der Waals surface area contributed by atoms with Gasteiger partial charge < -0.3 is 5.73 Å². The van der Waals surface area contributed by atoms with E-state index in [2.05, 4.69) is 10.2 Å². The van der Waals surface area contributed by atoms with Gasteiger partial charge in [0.25, 0.3) is 0 Å². The molecule has 6 heteroatoms. The SMILES string of the molecule is CCn1c(SC(C)C(N)c2ccccc2)n[nH]c1=O. The molecule has 0 aliphatic rings. The molecule has 0 fully saturated rings. The minimum atomic E-state index is -0.175. The molecule has 0 amide bonds. The molecule has 2 unspecified atom stereocenters. The van der Waals surface area contributed by atoms with Crippen LogP contribution in [0.15, 0.2) is 40.3 Å². The molecule has 2 atom stereocenters. The Morgan fingerprint density at radius 3 is 2.74 bits per heavy atom. The molecule has 0 aliphatic carbocycles. The van der Waals surface area contributed by atoms with Gasteiger partial charge in [-0.15, -0.1) is 5.10 Å². The van der Waals surface area contributed by atoms with Crippen molar-refractivity contribution in [2.45, 2.75) is 36.8 Å². The van der Waals surface area contributed by atoms with E-state index in [1.54, 1.807) is 4.57 Å². The zero-order chi connectivity index (χ0) is 13.8. The van der Waals surface area contributed by atoms with Gasteiger partial charge in [-0.1, -0.05) is 49.0 Å². The van der Waals surface area contributed by atoms with Gasteiger partial charge in [-0.3, -0.25) is 4.57 Å². The van der Waals surface area contributed by atoms with Gasteiger partial charge in [0.15, 0.2) is 5.16 Å². The fourth-order valence-corrected chi connectivity index (χ4v) is 2.93. The molecule has 2 rings (SSSR count). The summed E-state index contributed by atoms with van der Waals surface area (Å²) in [6.07, 6.45) is 0. The molecule has 0 saturated carbocycles. The molecule has 1 heterocycles. The van der Waals surface area contributed by atoms with Crippen molar-refractivity contribution >= 4 is 11.8 Å². The fourth-order valence-electron chi connectivity index (χ4n) is 1.86. The van der Waals surface area contributed by atoms with Crippen molar-refractivity contribution < 1.29 is 0 Å². The first-order valence-electron chi connectivity index (χ1n) is 6.26. The Labute approximate surface area is 116 Å². The van der Waals surface area contributed by atoms with Crippen molar-refractivity contribution in [3.63, 3.8) is 0 Å². The van der Waals surface area contributed by atoms with E-state index in [9.17, 15) is 4.79 Å². The third-order valence-corrected chi connectivity index (χ3v) is 4.21. The van der Waals surface area contributed by atoms with Crippen molar-refractivity contribution in [2.24, 2.45) is 5.73 Å². The van der Waals surface area contributed by atoms with Crippen LogP contribution in [0.4, 0.5) is 0 Å². The summed E-state index contributed by atoms with van der Waals surface area (Å²) in [5.41, 5.74) is 7.15. The van der Waals surface area contributed by atoms with Crippen molar-refractivity contribution in [3.8, 4) is 0 Å². The molecule has 2 aromatic rings. The second-order valence-electron chi connectivity index (χ2n) is 4.32. The Hall–Kier alpha value is -1.53. The van der Waals surface area contributed by atoms with Crippen molar-refractivity contribution in [3.05, 3.63) is 46.4 Å². The average Bonchev–Trinajstić information content (AvgIpc) is 2.79. The molecule has 1 aromatic heterocycles. The molecule has 102 valence electrons. The Balaban J connectivity index is 2.13. The summed E-state index contributed by atoms with van der Waals surface area (Å²) in [6.45, 7) is 4.56. The molecule has 0 aliphatic heterocycles. The number of thioether (sulfide) groups is 1. The quantitative estimate of drug-likeness (QED) is 0.817. The van der Waals surface area contributed by atoms with E-state index in [0.717, 1.165) is 5.56 Å². The highest BCUT2D eigenvalue weighted by molar-refractivity contribution is 7.99. The Morgan fingerprint density at radius 2 is 2.11 bits per heavy atom. The molecule has 3 N–H and O–H groups in total. The highest BCUT2D eigenvalue weighted by Crippen LogP contribution is 2.28. The largest absolute Gasteiger partial charge is 0.343 e. The number of hydrogen-bond acceptors (Lipinski definition) is 4. The summed E-state index contributed by atoms with van der Waals surface area (Å²) in [4.78, 5) is 11.5. The zero-order valence-corrected chi connectivity index (χ0v) is 11.9. The molecule has 1 aromatic carbocycles. The van der Waals surface area contributed by atoms with Crippen molar-refractivity contribution in [1.82, 2.24) is 14.8 Å². The van der Waals surface area contributed by atoms with Crippen LogP contribution in [0.25, 0.3) is 0 Å². The molecule has 0 spiro atoms. The first-order chi connectivity index (χ1) is 9.13. The van der Waals surface area contributed by atoms with Gasteiger partial charge in [0, 0.05) is 17.8 Å². The molecular formula is C13H18N4OS. The number of rotatable bonds is 5. The number of nitrogens with two attached hydrogens (primary N) is 1. The monoisotopic (exact) mass is 278 g/mol. The van der Waals surface area contributed by atoms with Crippen LogP contribution in [0.5, 0.6) is 0 Å². The maximum absolute atomic E-state index is 11.5. The molecule has 0 bridgehead atoms. The zero-order valence-electron chi connectivity index (χ0n) is 11.0. The maximum Gasteiger partial charge on any atom is 0.343 e. The van der Waals surface area contributed by atoms with Gasteiger partial charge in [0.05, 0.1) is 0 Å². The fraction of sp³-hybridized carbons (Fsp3) is 0.385. The van der Waals surface area contributed by atoms with Crippen molar-refractivity contribution in [2.75, 3.05) is 0 Å². The predicted octanol–water partition coefficient (Wildman–Crippen LogP) is 1.77. The number of hydrogen-bond donors (Lipinski definition) is 2. The van der Waals surface area contributed by atoms with E-state index in [1.807, 2.05) is 44.2 Å². The Bertz CT molecular complexity index is 578. The number of H-pyrrole nitrogens is 1. The maximum atomic E-state index is 11.5. The molecule has 5 nitrogen and oxygen atoms in total. The lowest BCUT2D eigenvalue weighted by atomic mass is 10.1. The summed E-state index contributed by atoms with van der Waals surface area (Å²) >= 11 is 1.51. The van der Waals surface area contributed by atoms with Gasteiger partial charge in [0.1, 0.15) is 0 Å². The minimum Gasteiger partial charge on any atom is -0.323 e. The van der Waals surface area contributed by atoms with Crippen LogP contribution in [0, 0.1) is 0 Å². The minimum absolute atomic E-state index is 0.0942. The van der Waals surface area contributed by atoms with Gasteiger partial charge in [0.2, 0.25) is 0 Å². The highest BCUT2D eigenvalue weighted by atomic mass is 32.2. The van der Waals surface area contributed by atoms with E-state index in [4.69, 9.17) is 5.73 Å². The molecular weight excluding hydrogens is 260 g/mol. The topological polar surface area (TPSA) is 76.7 Å². The van der Waals surface area contributed by atoms with E-state index in [-0.39, 0.29) is 17.0 Å². The highest BCUT2D eigenvalue weighted by Gasteiger charge is 2.19. The second-order valence-corrected chi connectivity index (χ2v) is 5.66. The van der Waals surface area contributed by atoms with Crippen molar-refractivity contribution in [1.29, 1.82) is 0 Å². The van der Waals surface area contributed by atoms with E-state index < -0.39 is 0 Å². The summed E-state index contributed by atoms with van der Waals surface area (Å²) < 4.78 is 1.61. The number of nitrogens with zero attached hydrogens (tertiary/aromatic N) is 2. The smallest absolute Gasteiger partial charge is 0.323 e. The molecule has 0 radical (unpaired) electrons. The second kappa shape index (κ2) is 6.08. The Kier molecular flexibility index (Phi) is 4.44. The van der Waals surface area contributed by atoms with Gasteiger partial charge in [-0.2, -0.15) is 0 Å².